The van der Waals surface area contributed by atoms with Crippen LogP contribution in [-0.4, -0.2) is 36.7 Å². The summed E-state index contributed by atoms with van der Waals surface area (Å²) in [6.45, 7) is 2.21. The first-order valence-electron chi connectivity index (χ1n) is 7.52. The summed E-state index contributed by atoms with van der Waals surface area (Å²) >= 11 is 0. The summed E-state index contributed by atoms with van der Waals surface area (Å²) in [4.78, 5) is 14.0. The van der Waals surface area contributed by atoms with Gasteiger partial charge in [-0.2, -0.15) is 0 Å². The SMILES string of the molecule is O=C(NCc1ccco1)N1CCOC(Cc2ccccc2)C1. The number of ether oxygens (including phenoxy) is 1. The van der Waals surface area contributed by atoms with E-state index in [2.05, 4.69) is 17.4 Å². The molecule has 1 unspecified atom stereocenters. The molecule has 1 aromatic carbocycles. The largest absolute Gasteiger partial charge is 0.467 e. The van der Waals surface area contributed by atoms with Gasteiger partial charge in [0.15, 0.2) is 0 Å². The predicted molar refractivity (Wildman–Crippen MR) is 82.4 cm³/mol. The lowest BCUT2D eigenvalue weighted by Gasteiger charge is -2.33. The number of furan rings is 1. The number of morpholine rings is 1. The maximum absolute atomic E-state index is 12.2. The Kier molecular flexibility index (Phi) is 4.75. The molecule has 22 heavy (non-hydrogen) atoms. The Balaban J connectivity index is 1.50. The summed E-state index contributed by atoms with van der Waals surface area (Å²) in [5.74, 6) is 0.752. The van der Waals surface area contributed by atoms with Crippen LogP contribution in [0, 0.1) is 0 Å². The van der Waals surface area contributed by atoms with Gasteiger partial charge in [0.25, 0.3) is 0 Å². The Hall–Kier alpha value is -2.27. The second-order valence-electron chi connectivity index (χ2n) is 5.37. The van der Waals surface area contributed by atoms with E-state index < -0.39 is 0 Å². The molecule has 0 bridgehead atoms. The minimum absolute atomic E-state index is 0.0468. The van der Waals surface area contributed by atoms with Gasteiger partial charge >= 0.3 is 6.03 Å². The molecule has 1 atom stereocenters. The summed E-state index contributed by atoms with van der Waals surface area (Å²) in [6, 6.07) is 13.8. The number of urea groups is 1. The Morgan fingerprint density at radius 2 is 2.09 bits per heavy atom. The molecule has 1 aromatic heterocycles. The number of amides is 2. The summed E-state index contributed by atoms with van der Waals surface area (Å²) in [5.41, 5.74) is 1.23. The van der Waals surface area contributed by atoms with Crippen LogP contribution in [0.3, 0.4) is 0 Å². The molecule has 2 aromatic rings. The third-order valence-corrected chi connectivity index (χ3v) is 3.73. The first kappa shape index (κ1) is 14.7. The molecule has 5 nitrogen and oxygen atoms in total. The van der Waals surface area contributed by atoms with E-state index in [1.165, 1.54) is 5.56 Å². The highest BCUT2D eigenvalue weighted by atomic mass is 16.5. The van der Waals surface area contributed by atoms with Gasteiger partial charge in [0.2, 0.25) is 0 Å². The highest BCUT2D eigenvalue weighted by Gasteiger charge is 2.24. The van der Waals surface area contributed by atoms with E-state index in [4.69, 9.17) is 9.15 Å². The second kappa shape index (κ2) is 7.13. The van der Waals surface area contributed by atoms with Crippen molar-refractivity contribution in [3.63, 3.8) is 0 Å². The average Bonchev–Trinajstić information content (AvgIpc) is 3.07. The molecule has 1 saturated heterocycles. The second-order valence-corrected chi connectivity index (χ2v) is 5.37. The maximum Gasteiger partial charge on any atom is 0.317 e. The van der Waals surface area contributed by atoms with Crippen LogP contribution in [0.4, 0.5) is 4.79 Å². The number of carbonyl (C=O) groups excluding carboxylic acids is 1. The molecule has 0 aliphatic carbocycles. The average molecular weight is 300 g/mol. The summed E-state index contributed by atoms with van der Waals surface area (Å²) < 4.78 is 11.0. The van der Waals surface area contributed by atoms with Gasteiger partial charge in [-0.05, 0) is 17.7 Å². The van der Waals surface area contributed by atoms with E-state index >= 15 is 0 Å². The molecular formula is C17H20N2O3. The lowest BCUT2D eigenvalue weighted by Crippen LogP contribution is -2.50. The topological polar surface area (TPSA) is 54.7 Å². The molecule has 116 valence electrons. The molecule has 0 saturated carbocycles. The van der Waals surface area contributed by atoms with E-state index in [-0.39, 0.29) is 12.1 Å². The minimum Gasteiger partial charge on any atom is -0.467 e. The lowest BCUT2D eigenvalue weighted by atomic mass is 10.1. The zero-order valence-electron chi connectivity index (χ0n) is 12.4. The van der Waals surface area contributed by atoms with Crippen molar-refractivity contribution in [2.45, 2.75) is 19.1 Å². The maximum atomic E-state index is 12.2. The monoisotopic (exact) mass is 300 g/mol. The van der Waals surface area contributed by atoms with Gasteiger partial charge in [-0.3, -0.25) is 0 Å². The predicted octanol–water partition coefficient (Wildman–Crippen LogP) is 2.43. The normalized spacial score (nSPS) is 18.2. The van der Waals surface area contributed by atoms with E-state index in [0.717, 1.165) is 12.2 Å². The van der Waals surface area contributed by atoms with Crippen molar-refractivity contribution in [1.29, 1.82) is 0 Å². The van der Waals surface area contributed by atoms with Crippen LogP contribution in [0.25, 0.3) is 0 Å². The van der Waals surface area contributed by atoms with Crippen molar-refractivity contribution < 1.29 is 13.9 Å². The van der Waals surface area contributed by atoms with Crippen molar-refractivity contribution in [1.82, 2.24) is 10.2 Å². The van der Waals surface area contributed by atoms with E-state index in [1.54, 1.807) is 11.2 Å². The number of hydrogen-bond acceptors (Lipinski definition) is 3. The molecule has 3 rings (SSSR count). The Morgan fingerprint density at radius 1 is 1.23 bits per heavy atom. The molecule has 0 radical (unpaired) electrons. The third-order valence-electron chi connectivity index (χ3n) is 3.73. The smallest absolute Gasteiger partial charge is 0.317 e. The highest BCUT2D eigenvalue weighted by molar-refractivity contribution is 5.74. The summed E-state index contributed by atoms with van der Waals surface area (Å²) in [6.07, 6.45) is 2.47. The zero-order chi connectivity index (χ0) is 15.2. The van der Waals surface area contributed by atoms with Gasteiger partial charge in [0, 0.05) is 19.5 Å². The zero-order valence-corrected chi connectivity index (χ0v) is 12.4. The molecule has 1 aliphatic heterocycles. The van der Waals surface area contributed by atoms with Crippen LogP contribution in [-0.2, 0) is 17.7 Å². The highest BCUT2D eigenvalue weighted by Crippen LogP contribution is 2.12. The number of nitrogens with one attached hydrogen (secondary N) is 1. The van der Waals surface area contributed by atoms with Gasteiger partial charge in [-0.25, -0.2) is 4.79 Å². The summed E-state index contributed by atoms with van der Waals surface area (Å²) in [7, 11) is 0. The van der Waals surface area contributed by atoms with Crippen molar-refractivity contribution in [3.05, 3.63) is 60.1 Å². The van der Waals surface area contributed by atoms with Crippen LogP contribution in [0.2, 0.25) is 0 Å². The Morgan fingerprint density at radius 3 is 2.86 bits per heavy atom. The van der Waals surface area contributed by atoms with Crippen LogP contribution in [0.1, 0.15) is 11.3 Å². The van der Waals surface area contributed by atoms with Crippen LogP contribution >= 0.6 is 0 Å². The van der Waals surface area contributed by atoms with Gasteiger partial charge in [0.05, 0.1) is 25.5 Å². The van der Waals surface area contributed by atoms with Crippen molar-refractivity contribution in [2.75, 3.05) is 19.7 Å². The molecule has 1 N–H and O–H groups in total. The first-order chi connectivity index (χ1) is 10.8. The Labute approximate surface area is 129 Å². The fourth-order valence-corrected chi connectivity index (χ4v) is 2.59. The Bertz CT molecular complexity index is 583. The number of rotatable bonds is 4. The third kappa shape index (κ3) is 3.89. The van der Waals surface area contributed by atoms with Crippen LogP contribution in [0.15, 0.2) is 53.1 Å². The number of benzene rings is 1. The van der Waals surface area contributed by atoms with Gasteiger partial charge in [0.1, 0.15) is 5.76 Å². The molecule has 2 amide bonds. The van der Waals surface area contributed by atoms with Crippen molar-refractivity contribution in [3.8, 4) is 0 Å². The molecule has 2 heterocycles. The fraction of sp³-hybridized carbons (Fsp3) is 0.353. The molecular weight excluding hydrogens is 280 g/mol. The number of hydrogen-bond donors (Lipinski definition) is 1. The molecule has 1 fully saturated rings. The van der Waals surface area contributed by atoms with E-state index in [9.17, 15) is 4.79 Å². The number of carbonyl (C=O) groups is 1. The van der Waals surface area contributed by atoms with Crippen molar-refractivity contribution in [2.24, 2.45) is 0 Å². The van der Waals surface area contributed by atoms with Crippen LogP contribution in [0.5, 0.6) is 0 Å². The van der Waals surface area contributed by atoms with Gasteiger partial charge in [-0.1, -0.05) is 30.3 Å². The summed E-state index contributed by atoms with van der Waals surface area (Å²) in [5, 5.41) is 2.88. The van der Waals surface area contributed by atoms with Gasteiger partial charge < -0.3 is 19.4 Å². The quantitative estimate of drug-likeness (QED) is 0.943. The van der Waals surface area contributed by atoms with Crippen LogP contribution < -0.4 is 5.32 Å². The minimum atomic E-state index is -0.0715. The van der Waals surface area contributed by atoms with Gasteiger partial charge in [-0.15, -0.1) is 0 Å². The number of nitrogens with zero attached hydrogens (tertiary/aromatic N) is 1. The van der Waals surface area contributed by atoms with E-state index in [0.29, 0.717) is 26.2 Å². The van der Waals surface area contributed by atoms with E-state index in [1.807, 2.05) is 30.3 Å². The lowest BCUT2D eigenvalue weighted by molar-refractivity contribution is -0.0133. The first-order valence-corrected chi connectivity index (χ1v) is 7.52. The standard InChI is InChI=1S/C17H20N2O3/c20-17(18-12-15-7-4-9-21-15)19-8-10-22-16(13-19)11-14-5-2-1-3-6-14/h1-7,9,16H,8,10-13H2,(H,18,20). The van der Waals surface area contributed by atoms with Crippen molar-refractivity contribution >= 4 is 6.03 Å². The fourth-order valence-electron chi connectivity index (χ4n) is 2.59. The molecule has 5 heteroatoms. The molecule has 1 aliphatic rings. The molecule has 0 spiro atoms.